The summed E-state index contributed by atoms with van der Waals surface area (Å²) < 4.78 is 17.6. The second-order valence-electron chi connectivity index (χ2n) is 4.74. The van der Waals surface area contributed by atoms with Crippen molar-refractivity contribution in [3.63, 3.8) is 0 Å². The summed E-state index contributed by atoms with van der Waals surface area (Å²) in [6.45, 7) is 5.09. The minimum Gasteiger partial charge on any atom is -0.497 e. The standard InChI is InChI=1S/C17H19BrO3/c1-12-11-17(13(2)10-16(12)18)21-9-8-20-15-6-4-14(19-3)5-7-15/h4-7,10-11H,8-9H2,1-3H3. The third-order valence-electron chi connectivity index (χ3n) is 3.13. The van der Waals surface area contributed by atoms with Crippen LogP contribution in [0.4, 0.5) is 0 Å². The summed E-state index contributed by atoms with van der Waals surface area (Å²) in [4.78, 5) is 0. The summed E-state index contributed by atoms with van der Waals surface area (Å²) in [5.41, 5.74) is 2.27. The first kappa shape index (κ1) is 15.7. The van der Waals surface area contributed by atoms with E-state index in [1.807, 2.05) is 44.2 Å². The van der Waals surface area contributed by atoms with Gasteiger partial charge in [0.1, 0.15) is 30.5 Å². The van der Waals surface area contributed by atoms with Crippen LogP contribution >= 0.6 is 15.9 Å². The fourth-order valence-corrected chi connectivity index (χ4v) is 2.35. The number of halogens is 1. The summed E-state index contributed by atoms with van der Waals surface area (Å²) in [5, 5.41) is 0. The number of ether oxygens (including phenoxy) is 3. The molecule has 0 radical (unpaired) electrons. The Kier molecular flexibility index (Phi) is 5.51. The summed E-state index contributed by atoms with van der Waals surface area (Å²) in [6.07, 6.45) is 0. The fraction of sp³-hybridized carbons (Fsp3) is 0.294. The lowest BCUT2D eigenvalue weighted by Gasteiger charge is -2.12. The van der Waals surface area contributed by atoms with Crippen LogP contribution in [-0.4, -0.2) is 20.3 Å². The molecule has 2 rings (SSSR count). The van der Waals surface area contributed by atoms with Crippen molar-refractivity contribution in [1.82, 2.24) is 0 Å². The summed E-state index contributed by atoms with van der Waals surface area (Å²) in [6, 6.07) is 11.6. The lowest BCUT2D eigenvalue weighted by atomic mass is 10.1. The molecule has 0 saturated carbocycles. The first-order chi connectivity index (χ1) is 10.1. The van der Waals surface area contributed by atoms with E-state index in [1.165, 1.54) is 0 Å². The van der Waals surface area contributed by atoms with E-state index in [4.69, 9.17) is 14.2 Å². The smallest absolute Gasteiger partial charge is 0.122 e. The van der Waals surface area contributed by atoms with E-state index < -0.39 is 0 Å². The largest absolute Gasteiger partial charge is 0.497 e. The van der Waals surface area contributed by atoms with Gasteiger partial charge in [0, 0.05) is 4.47 Å². The molecule has 0 amide bonds. The quantitative estimate of drug-likeness (QED) is 0.716. The second-order valence-corrected chi connectivity index (χ2v) is 5.59. The topological polar surface area (TPSA) is 27.7 Å². The lowest BCUT2D eigenvalue weighted by molar-refractivity contribution is 0.216. The summed E-state index contributed by atoms with van der Waals surface area (Å²) in [7, 11) is 1.65. The average Bonchev–Trinajstić information content (AvgIpc) is 2.49. The van der Waals surface area contributed by atoms with Gasteiger partial charge in [-0.05, 0) is 61.4 Å². The van der Waals surface area contributed by atoms with Gasteiger partial charge in [-0.1, -0.05) is 15.9 Å². The van der Waals surface area contributed by atoms with E-state index in [1.54, 1.807) is 7.11 Å². The van der Waals surface area contributed by atoms with Gasteiger partial charge in [0.05, 0.1) is 7.11 Å². The highest BCUT2D eigenvalue weighted by atomic mass is 79.9. The van der Waals surface area contributed by atoms with Gasteiger partial charge in [-0.15, -0.1) is 0 Å². The maximum absolute atomic E-state index is 5.77. The molecular formula is C17H19BrO3. The van der Waals surface area contributed by atoms with Crippen LogP contribution in [0.25, 0.3) is 0 Å². The summed E-state index contributed by atoms with van der Waals surface area (Å²) in [5.74, 6) is 2.52. The second kappa shape index (κ2) is 7.36. The molecule has 0 spiro atoms. The minimum atomic E-state index is 0.501. The Balaban J connectivity index is 1.83. The van der Waals surface area contributed by atoms with Gasteiger partial charge < -0.3 is 14.2 Å². The van der Waals surface area contributed by atoms with Crippen LogP contribution in [-0.2, 0) is 0 Å². The highest BCUT2D eigenvalue weighted by Crippen LogP contribution is 2.26. The molecule has 0 bridgehead atoms. The Hall–Kier alpha value is -1.68. The van der Waals surface area contributed by atoms with Crippen molar-refractivity contribution >= 4 is 15.9 Å². The number of rotatable bonds is 6. The molecule has 4 heteroatoms. The zero-order chi connectivity index (χ0) is 15.2. The van der Waals surface area contributed by atoms with Gasteiger partial charge in [0.25, 0.3) is 0 Å². The Morgan fingerprint density at radius 3 is 2.14 bits per heavy atom. The lowest BCUT2D eigenvalue weighted by Crippen LogP contribution is -2.09. The van der Waals surface area contributed by atoms with E-state index >= 15 is 0 Å². The minimum absolute atomic E-state index is 0.501. The van der Waals surface area contributed by atoms with E-state index in [0.717, 1.165) is 32.8 Å². The number of benzene rings is 2. The van der Waals surface area contributed by atoms with Crippen molar-refractivity contribution in [2.24, 2.45) is 0 Å². The van der Waals surface area contributed by atoms with Crippen LogP contribution in [0, 0.1) is 13.8 Å². The van der Waals surface area contributed by atoms with E-state index in [9.17, 15) is 0 Å². The van der Waals surface area contributed by atoms with Crippen molar-refractivity contribution < 1.29 is 14.2 Å². The van der Waals surface area contributed by atoms with Crippen LogP contribution in [0.5, 0.6) is 17.2 Å². The van der Waals surface area contributed by atoms with Crippen molar-refractivity contribution in [3.8, 4) is 17.2 Å². The van der Waals surface area contributed by atoms with Crippen LogP contribution < -0.4 is 14.2 Å². The normalized spacial score (nSPS) is 10.3. The van der Waals surface area contributed by atoms with Gasteiger partial charge in [-0.25, -0.2) is 0 Å². The van der Waals surface area contributed by atoms with Gasteiger partial charge in [0.2, 0.25) is 0 Å². The molecule has 0 unspecified atom stereocenters. The van der Waals surface area contributed by atoms with Gasteiger partial charge in [0.15, 0.2) is 0 Å². The van der Waals surface area contributed by atoms with Crippen molar-refractivity contribution in [3.05, 3.63) is 52.0 Å². The van der Waals surface area contributed by atoms with E-state index in [2.05, 4.69) is 22.0 Å². The van der Waals surface area contributed by atoms with E-state index in [0.29, 0.717) is 13.2 Å². The zero-order valence-corrected chi connectivity index (χ0v) is 14.1. The number of hydrogen-bond acceptors (Lipinski definition) is 3. The molecule has 0 fully saturated rings. The molecule has 21 heavy (non-hydrogen) atoms. The molecule has 0 N–H and O–H groups in total. The molecule has 0 heterocycles. The molecule has 0 aliphatic heterocycles. The first-order valence-electron chi connectivity index (χ1n) is 6.76. The number of methoxy groups -OCH3 is 1. The Bertz CT molecular complexity index is 594. The predicted octanol–water partition coefficient (Wildman–Crippen LogP) is 4.53. The molecule has 0 aromatic heterocycles. The van der Waals surface area contributed by atoms with Crippen molar-refractivity contribution in [1.29, 1.82) is 0 Å². The Morgan fingerprint density at radius 1 is 0.857 bits per heavy atom. The molecule has 112 valence electrons. The summed E-state index contributed by atoms with van der Waals surface area (Å²) >= 11 is 3.51. The average molecular weight is 351 g/mol. The molecule has 0 atom stereocenters. The maximum Gasteiger partial charge on any atom is 0.122 e. The van der Waals surface area contributed by atoms with Crippen LogP contribution in [0.2, 0.25) is 0 Å². The zero-order valence-electron chi connectivity index (χ0n) is 12.5. The maximum atomic E-state index is 5.77. The number of aryl methyl sites for hydroxylation is 2. The Morgan fingerprint density at radius 2 is 1.48 bits per heavy atom. The van der Waals surface area contributed by atoms with Crippen LogP contribution in [0.1, 0.15) is 11.1 Å². The van der Waals surface area contributed by atoms with Gasteiger partial charge in [-0.2, -0.15) is 0 Å². The van der Waals surface area contributed by atoms with Crippen LogP contribution in [0.15, 0.2) is 40.9 Å². The molecule has 0 aliphatic rings. The third-order valence-corrected chi connectivity index (χ3v) is 3.98. The first-order valence-corrected chi connectivity index (χ1v) is 7.56. The predicted molar refractivity (Wildman–Crippen MR) is 87.6 cm³/mol. The molecular weight excluding hydrogens is 332 g/mol. The van der Waals surface area contributed by atoms with Gasteiger partial charge >= 0.3 is 0 Å². The van der Waals surface area contributed by atoms with Crippen LogP contribution in [0.3, 0.4) is 0 Å². The Labute approximate surface area is 134 Å². The SMILES string of the molecule is COc1ccc(OCCOc2cc(C)c(Br)cc2C)cc1. The third kappa shape index (κ3) is 4.39. The number of hydrogen-bond donors (Lipinski definition) is 0. The highest BCUT2D eigenvalue weighted by molar-refractivity contribution is 9.10. The molecule has 0 saturated heterocycles. The van der Waals surface area contributed by atoms with Crippen molar-refractivity contribution in [2.75, 3.05) is 20.3 Å². The van der Waals surface area contributed by atoms with Crippen molar-refractivity contribution in [2.45, 2.75) is 13.8 Å². The highest BCUT2D eigenvalue weighted by Gasteiger charge is 2.04. The van der Waals surface area contributed by atoms with Gasteiger partial charge in [-0.3, -0.25) is 0 Å². The monoisotopic (exact) mass is 350 g/mol. The fourth-order valence-electron chi connectivity index (χ4n) is 1.89. The molecule has 2 aromatic rings. The molecule has 2 aromatic carbocycles. The molecule has 0 aliphatic carbocycles. The molecule has 3 nitrogen and oxygen atoms in total. The van der Waals surface area contributed by atoms with E-state index in [-0.39, 0.29) is 0 Å².